The lowest BCUT2D eigenvalue weighted by Crippen LogP contribution is -2.28. The Bertz CT molecular complexity index is 796. The second-order valence-electron chi connectivity index (χ2n) is 6.75. The van der Waals surface area contributed by atoms with E-state index in [2.05, 4.69) is 57.6 Å². The summed E-state index contributed by atoms with van der Waals surface area (Å²) in [6.07, 6.45) is 7.11. The van der Waals surface area contributed by atoms with Crippen LogP contribution in [0.3, 0.4) is 0 Å². The first-order valence-electron chi connectivity index (χ1n) is 8.69. The Labute approximate surface area is 142 Å². The Hall–Kier alpha value is -2.17. The summed E-state index contributed by atoms with van der Waals surface area (Å²) < 4.78 is 0. The zero-order valence-electron chi connectivity index (χ0n) is 14.1. The van der Waals surface area contributed by atoms with Gasteiger partial charge in [-0.3, -0.25) is 9.88 Å². The van der Waals surface area contributed by atoms with Gasteiger partial charge in [-0.15, -0.1) is 0 Å². The maximum atomic E-state index is 4.30. The van der Waals surface area contributed by atoms with Crippen LogP contribution in [0.2, 0.25) is 0 Å². The molecule has 0 bridgehead atoms. The monoisotopic (exact) mass is 320 g/mol. The quantitative estimate of drug-likeness (QED) is 0.758. The van der Waals surface area contributed by atoms with E-state index < -0.39 is 0 Å². The Morgan fingerprint density at radius 2 is 2.21 bits per heavy atom. The van der Waals surface area contributed by atoms with E-state index in [0.29, 0.717) is 12.0 Å². The van der Waals surface area contributed by atoms with Gasteiger partial charge in [0.1, 0.15) is 0 Å². The Balaban J connectivity index is 1.43. The van der Waals surface area contributed by atoms with Gasteiger partial charge in [-0.25, -0.2) is 0 Å². The van der Waals surface area contributed by atoms with Gasteiger partial charge in [-0.1, -0.05) is 18.2 Å². The number of pyridine rings is 1. The van der Waals surface area contributed by atoms with Crippen molar-refractivity contribution in [3.05, 3.63) is 66.1 Å². The van der Waals surface area contributed by atoms with E-state index in [1.54, 1.807) is 0 Å². The molecule has 124 valence electrons. The molecule has 0 saturated carbocycles. The van der Waals surface area contributed by atoms with Crippen molar-refractivity contribution in [3.63, 3.8) is 0 Å². The number of fused-ring (bicyclic) bond motifs is 1. The standard InChI is InChI=1S/C20H24N4/c1-24-11-8-17(20(24)16-5-3-9-21-13-16)14-22-12-15-4-2-6-19-18(15)7-10-23-19/h2-7,9-10,13,17,20,22-23H,8,11-12,14H2,1H3/t17-,20-/m0/s1. The number of benzene rings is 1. The SMILES string of the molecule is CN1CC[C@@H](CNCc2cccc3[nH]ccc23)[C@@H]1c1cccnc1. The van der Waals surface area contributed by atoms with Gasteiger partial charge in [-0.05, 0) is 55.3 Å². The van der Waals surface area contributed by atoms with Crippen LogP contribution in [0, 0.1) is 5.92 Å². The molecular weight excluding hydrogens is 296 g/mol. The maximum absolute atomic E-state index is 4.30. The van der Waals surface area contributed by atoms with Crippen LogP contribution >= 0.6 is 0 Å². The van der Waals surface area contributed by atoms with Crippen molar-refractivity contribution in [2.45, 2.75) is 19.0 Å². The van der Waals surface area contributed by atoms with Crippen LogP contribution in [0.25, 0.3) is 10.9 Å². The number of hydrogen-bond donors (Lipinski definition) is 2. The zero-order chi connectivity index (χ0) is 16.4. The summed E-state index contributed by atoms with van der Waals surface area (Å²) in [7, 11) is 2.22. The van der Waals surface area contributed by atoms with Crippen molar-refractivity contribution < 1.29 is 0 Å². The van der Waals surface area contributed by atoms with Crippen molar-refractivity contribution in [1.82, 2.24) is 20.2 Å². The predicted octanol–water partition coefficient (Wildman–Crippen LogP) is 3.35. The molecule has 0 unspecified atom stereocenters. The summed E-state index contributed by atoms with van der Waals surface area (Å²) in [4.78, 5) is 10.0. The van der Waals surface area contributed by atoms with Crippen molar-refractivity contribution in [2.24, 2.45) is 5.92 Å². The first kappa shape index (κ1) is 15.4. The summed E-state index contributed by atoms with van der Waals surface area (Å²) >= 11 is 0. The molecule has 1 aromatic carbocycles. The fraction of sp³-hybridized carbons (Fsp3) is 0.350. The molecule has 0 aliphatic carbocycles. The summed E-state index contributed by atoms with van der Waals surface area (Å²) in [5.41, 5.74) is 3.90. The molecule has 24 heavy (non-hydrogen) atoms. The molecule has 0 spiro atoms. The van der Waals surface area contributed by atoms with E-state index in [9.17, 15) is 0 Å². The van der Waals surface area contributed by atoms with Gasteiger partial charge in [0.25, 0.3) is 0 Å². The lowest BCUT2D eigenvalue weighted by molar-refractivity contribution is 0.271. The summed E-state index contributed by atoms with van der Waals surface area (Å²) in [6, 6.07) is 13.3. The molecule has 1 fully saturated rings. The Kier molecular flexibility index (Phi) is 4.32. The molecule has 1 saturated heterocycles. The van der Waals surface area contributed by atoms with Crippen molar-refractivity contribution in [3.8, 4) is 0 Å². The van der Waals surface area contributed by atoms with Crippen molar-refractivity contribution in [2.75, 3.05) is 20.1 Å². The van der Waals surface area contributed by atoms with E-state index >= 15 is 0 Å². The minimum absolute atomic E-state index is 0.467. The lowest BCUT2D eigenvalue weighted by atomic mass is 9.94. The second kappa shape index (κ2) is 6.75. The molecule has 4 rings (SSSR count). The highest BCUT2D eigenvalue weighted by Gasteiger charge is 2.32. The third-order valence-corrected chi connectivity index (χ3v) is 5.21. The van der Waals surface area contributed by atoms with Crippen LogP contribution in [0.4, 0.5) is 0 Å². The lowest BCUT2D eigenvalue weighted by Gasteiger charge is -2.25. The van der Waals surface area contributed by atoms with Gasteiger partial charge in [0, 0.05) is 48.6 Å². The number of likely N-dealkylation sites (tertiary alicyclic amines) is 1. The fourth-order valence-corrected chi connectivity index (χ4v) is 4.01. The number of aromatic nitrogens is 2. The minimum Gasteiger partial charge on any atom is -0.361 e. The molecule has 2 aromatic heterocycles. The number of rotatable bonds is 5. The second-order valence-corrected chi connectivity index (χ2v) is 6.75. The first-order chi connectivity index (χ1) is 11.8. The largest absolute Gasteiger partial charge is 0.361 e. The Morgan fingerprint density at radius 3 is 3.08 bits per heavy atom. The van der Waals surface area contributed by atoms with Crippen LogP contribution in [-0.2, 0) is 6.54 Å². The minimum atomic E-state index is 0.467. The first-order valence-corrected chi connectivity index (χ1v) is 8.69. The molecule has 2 atom stereocenters. The van der Waals surface area contributed by atoms with Gasteiger partial charge < -0.3 is 10.3 Å². The molecular formula is C20H24N4. The molecule has 3 aromatic rings. The summed E-state index contributed by atoms with van der Waals surface area (Å²) in [5, 5.41) is 5.00. The molecule has 4 nitrogen and oxygen atoms in total. The highest BCUT2D eigenvalue weighted by Crippen LogP contribution is 2.35. The number of hydrogen-bond acceptors (Lipinski definition) is 3. The summed E-state index contributed by atoms with van der Waals surface area (Å²) in [6.45, 7) is 3.10. The summed E-state index contributed by atoms with van der Waals surface area (Å²) in [5.74, 6) is 0.629. The average molecular weight is 320 g/mol. The zero-order valence-corrected chi connectivity index (χ0v) is 14.1. The van der Waals surface area contributed by atoms with E-state index in [1.807, 2.05) is 24.7 Å². The fourth-order valence-electron chi connectivity index (χ4n) is 4.01. The molecule has 2 N–H and O–H groups in total. The van der Waals surface area contributed by atoms with Gasteiger partial charge in [0.2, 0.25) is 0 Å². The molecule has 0 radical (unpaired) electrons. The highest BCUT2D eigenvalue weighted by molar-refractivity contribution is 5.82. The van der Waals surface area contributed by atoms with Gasteiger partial charge in [0.05, 0.1) is 0 Å². The maximum Gasteiger partial charge on any atom is 0.0457 e. The number of nitrogens with zero attached hydrogens (tertiary/aromatic N) is 2. The van der Waals surface area contributed by atoms with Crippen molar-refractivity contribution >= 4 is 10.9 Å². The van der Waals surface area contributed by atoms with Crippen LogP contribution in [0.15, 0.2) is 55.0 Å². The number of aromatic amines is 1. The van der Waals surface area contributed by atoms with E-state index in [1.165, 1.54) is 28.5 Å². The number of nitrogens with one attached hydrogen (secondary N) is 2. The van der Waals surface area contributed by atoms with E-state index in [4.69, 9.17) is 0 Å². The average Bonchev–Trinajstić information content (AvgIpc) is 3.23. The molecule has 1 aliphatic heterocycles. The molecule has 4 heteroatoms. The highest BCUT2D eigenvalue weighted by atomic mass is 15.2. The van der Waals surface area contributed by atoms with Crippen molar-refractivity contribution in [1.29, 1.82) is 0 Å². The smallest absolute Gasteiger partial charge is 0.0457 e. The van der Waals surface area contributed by atoms with Crippen LogP contribution in [0.5, 0.6) is 0 Å². The molecule has 3 heterocycles. The van der Waals surface area contributed by atoms with Crippen LogP contribution in [-0.4, -0.2) is 35.0 Å². The van der Waals surface area contributed by atoms with Gasteiger partial charge in [0.15, 0.2) is 0 Å². The van der Waals surface area contributed by atoms with Gasteiger partial charge in [-0.2, -0.15) is 0 Å². The normalized spacial score (nSPS) is 21.5. The van der Waals surface area contributed by atoms with E-state index in [-0.39, 0.29) is 0 Å². The molecule has 0 amide bonds. The third kappa shape index (κ3) is 2.95. The number of H-pyrrole nitrogens is 1. The van der Waals surface area contributed by atoms with E-state index in [0.717, 1.165) is 19.6 Å². The molecule has 1 aliphatic rings. The van der Waals surface area contributed by atoms with Gasteiger partial charge >= 0.3 is 0 Å². The topological polar surface area (TPSA) is 44.0 Å². The Morgan fingerprint density at radius 1 is 1.25 bits per heavy atom. The third-order valence-electron chi connectivity index (χ3n) is 5.21. The predicted molar refractivity (Wildman–Crippen MR) is 97.7 cm³/mol. The van der Waals surface area contributed by atoms with Crippen LogP contribution in [0.1, 0.15) is 23.6 Å². The van der Waals surface area contributed by atoms with Crippen LogP contribution < -0.4 is 5.32 Å².